The molecule has 0 saturated carbocycles. The summed E-state index contributed by atoms with van der Waals surface area (Å²) in [7, 11) is 0. The molecule has 0 aliphatic rings. The van der Waals surface area contributed by atoms with Gasteiger partial charge < -0.3 is 5.32 Å². The molecule has 1 N–H and O–H groups in total. The van der Waals surface area contributed by atoms with E-state index in [9.17, 15) is 0 Å². The van der Waals surface area contributed by atoms with Gasteiger partial charge in [0.25, 0.3) is 0 Å². The summed E-state index contributed by atoms with van der Waals surface area (Å²) in [5.41, 5.74) is 2.23. The van der Waals surface area contributed by atoms with Crippen LogP contribution in [0, 0.1) is 0 Å². The molecule has 1 rings (SSSR count). The van der Waals surface area contributed by atoms with Gasteiger partial charge in [-0.05, 0) is 24.1 Å². The Balaban J connectivity index is 2.84. The quantitative estimate of drug-likeness (QED) is 0.600. The number of rotatable bonds is 5. The molecule has 0 aliphatic carbocycles. The molecule has 0 unspecified atom stereocenters. The molecular weight excluding hydrogens is 217 g/mol. The number of nitrogens with one attached hydrogen (secondary N) is 1. The average molecular weight is 230 g/mol. The fraction of sp³-hybridized carbons (Fsp3) is 0.273. The van der Waals surface area contributed by atoms with E-state index < -0.39 is 0 Å². The number of hydrogen-bond acceptors (Lipinski definition) is 1. The highest BCUT2D eigenvalue weighted by molar-refractivity contribution is 6.30. The van der Waals surface area contributed by atoms with Crippen LogP contribution >= 0.6 is 23.2 Å². The van der Waals surface area contributed by atoms with Crippen molar-refractivity contribution in [1.29, 1.82) is 0 Å². The minimum atomic E-state index is 0.583. The monoisotopic (exact) mass is 229 g/mol. The predicted octanol–water partition coefficient (Wildman–Crippen LogP) is 3.72. The van der Waals surface area contributed by atoms with E-state index >= 15 is 0 Å². The van der Waals surface area contributed by atoms with Crippen molar-refractivity contribution in [3.63, 3.8) is 0 Å². The molecule has 3 heteroatoms. The first kappa shape index (κ1) is 11.4. The van der Waals surface area contributed by atoms with Crippen molar-refractivity contribution < 1.29 is 0 Å². The van der Waals surface area contributed by atoms with Gasteiger partial charge in [-0.3, -0.25) is 0 Å². The number of alkyl halides is 1. The zero-order valence-electron chi connectivity index (χ0n) is 7.89. The van der Waals surface area contributed by atoms with E-state index in [1.54, 1.807) is 0 Å². The molecule has 1 nitrogen and oxygen atoms in total. The molecule has 0 fully saturated rings. The van der Waals surface area contributed by atoms with Gasteiger partial charge in [-0.2, -0.15) is 0 Å². The third-order valence-corrected chi connectivity index (χ3v) is 2.27. The minimum absolute atomic E-state index is 0.583. The van der Waals surface area contributed by atoms with E-state index in [0.717, 1.165) is 23.7 Å². The minimum Gasteiger partial charge on any atom is -0.384 e. The van der Waals surface area contributed by atoms with E-state index in [1.807, 2.05) is 24.3 Å². The Morgan fingerprint density at radius 2 is 2.21 bits per heavy atom. The van der Waals surface area contributed by atoms with E-state index in [1.165, 1.54) is 5.56 Å². The maximum Gasteiger partial charge on any atom is 0.0426 e. The van der Waals surface area contributed by atoms with Crippen LogP contribution in [0.1, 0.15) is 5.56 Å². The first-order valence-electron chi connectivity index (χ1n) is 4.47. The lowest BCUT2D eigenvalue weighted by molar-refractivity contribution is 1.18. The molecule has 0 heterocycles. The second kappa shape index (κ2) is 5.94. The second-order valence-corrected chi connectivity index (χ2v) is 3.72. The first-order chi connectivity index (χ1) is 6.77. The van der Waals surface area contributed by atoms with E-state index in [0.29, 0.717) is 5.88 Å². The highest BCUT2D eigenvalue weighted by Gasteiger charge is 2.00. The molecule has 1 aromatic carbocycles. The predicted molar refractivity (Wildman–Crippen MR) is 64.6 cm³/mol. The lowest BCUT2D eigenvalue weighted by Gasteiger charge is -2.10. The van der Waals surface area contributed by atoms with Gasteiger partial charge in [-0.1, -0.05) is 23.7 Å². The van der Waals surface area contributed by atoms with Gasteiger partial charge in [0.2, 0.25) is 0 Å². The standard InChI is InChI=1S/C11H13Cl2N/c1-2-3-9-4-5-10(13)8-11(9)14-7-6-12/h2,4-5,8,14H,1,3,6-7H2. The Morgan fingerprint density at radius 3 is 2.86 bits per heavy atom. The molecular formula is C11H13Cl2N. The van der Waals surface area contributed by atoms with Crippen molar-refractivity contribution in [1.82, 2.24) is 0 Å². The van der Waals surface area contributed by atoms with Crippen LogP contribution in [0.15, 0.2) is 30.9 Å². The summed E-state index contributed by atoms with van der Waals surface area (Å²) in [6, 6.07) is 5.79. The van der Waals surface area contributed by atoms with Gasteiger partial charge in [0, 0.05) is 23.1 Å². The average Bonchev–Trinajstić information content (AvgIpc) is 2.18. The summed E-state index contributed by atoms with van der Waals surface area (Å²) in [6.45, 7) is 4.46. The lowest BCUT2D eigenvalue weighted by atomic mass is 10.1. The van der Waals surface area contributed by atoms with Gasteiger partial charge in [0.15, 0.2) is 0 Å². The number of anilines is 1. The lowest BCUT2D eigenvalue weighted by Crippen LogP contribution is -2.04. The van der Waals surface area contributed by atoms with Crippen LogP contribution < -0.4 is 5.32 Å². The zero-order chi connectivity index (χ0) is 10.4. The molecule has 0 bridgehead atoms. The number of hydrogen-bond donors (Lipinski definition) is 1. The van der Waals surface area contributed by atoms with Crippen molar-refractivity contribution >= 4 is 28.9 Å². The molecule has 0 atom stereocenters. The van der Waals surface area contributed by atoms with Crippen molar-refractivity contribution in [2.24, 2.45) is 0 Å². The largest absolute Gasteiger partial charge is 0.384 e. The van der Waals surface area contributed by atoms with Gasteiger partial charge in [-0.15, -0.1) is 18.2 Å². The smallest absolute Gasteiger partial charge is 0.0426 e. The molecule has 0 saturated heterocycles. The molecule has 14 heavy (non-hydrogen) atoms. The molecule has 0 spiro atoms. The van der Waals surface area contributed by atoms with Crippen LogP contribution in [-0.2, 0) is 6.42 Å². The summed E-state index contributed by atoms with van der Waals surface area (Å²) in [6.07, 6.45) is 2.71. The Labute approximate surface area is 94.7 Å². The summed E-state index contributed by atoms with van der Waals surface area (Å²) in [4.78, 5) is 0. The molecule has 0 radical (unpaired) electrons. The Hall–Kier alpha value is -0.660. The zero-order valence-corrected chi connectivity index (χ0v) is 9.41. The van der Waals surface area contributed by atoms with E-state index in [4.69, 9.17) is 23.2 Å². The highest BCUT2D eigenvalue weighted by atomic mass is 35.5. The maximum absolute atomic E-state index is 5.90. The molecule has 0 amide bonds. The number of halogens is 2. The summed E-state index contributed by atoms with van der Waals surface area (Å²) < 4.78 is 0. The topological polar surface area (TPSA) is 12.0 Å². The number of allylic oxidation sites excluding steroid dienone is 1. The van der Waals surface area contributed by atoms with Gasteiger partial charge in [0.1, 0.15) is 0 Å². The fourth-order valence-corrected chi connectivity index (χ4v) is 1.50. The van der Waals surface area contributed by atoms with E-state index in [-0.39, 0.29) is 0 Å². The Kier molecular flexibility index (Phi) is 4.85. The summed E-state index contributed by atoms with van der Waals surface area (Å²) in [5, 5.41) is 3.96. The Morgan fingerprint density at radius 1 is 1.43 bits per heavy atom. The highest BCUT2D eigenvalue weighted by Crippen LogP contribution is 2.21. The maximum atomic E-state index is 5.90. The first-order valence-corrected chi connectivity index (χ1v) is 5.38. The van der Waals surface area contributed by atoms with Crippen LogP contribution in [-0.4, -0.2) is 12.4 Å². The Bertz CT molecular complexity index is 310. The number of benzene rings is 1. The molecule has 1 aromatic rings. The third kappa shape index (κ3) is 3.24. The van der Waals surface area contributed by atoms with Gasteiger partial charge >= 0.3 is 0 Å². The summed E-state index contributed by atoms with van der Waals surface area (Å²) in [5.74, 6) is 0.583. The van der Waals surface area contributed by atoms with Crippen LogP contribution in [0.2, 0.25) is 5.02 Å². The van der Waals surface area contributed by atoms with Crippen LogP contribution in [0.25, 0.3) is 0 Å². The normalized spacial score (nSPS) is 9.86. The van der Waals surface area contributed by atoms with Crippen molar-refractivity contribution in [2.75, 3.05) is 17.7 Å². The fourth-order valence-electron chi connectivity index (χ4n) is 1.23. The van der Waals surface area contributed by atoms with Crippen LogP contribution in [0.4, 0.5) is 5.69 Å². The molecule has 0 aliphatic heterocycles. The van der Waals surface area contributed by atoms with Crippen molar-refractivity contribution in [2.45, 2.75) is 6.42 Å². The molecule has 76 valence electrons. The van der Waals surface area contributed by atoms with Crippen LogP contribution in [0.3, 0.4) is 0 Å². The summed E-state index contributed by atoms with van der Waals surface area (Å²) >= 11 is 11.5. The molecule has 0 aromatic heterocycles. The van der Waals surface area contributed by atoms with Crippen LogP contribution in [0.5, 0.6) is 0 Å². The van der Waals surface area contributed by atoms with Crippen molar-refractivity contribution in [3.05, 3.63) is 41.4 Å². The van der Waals surface area contributed by atoms with Gasteiger partial charge in [-0.25, -0.2) is 0 Å². The van der Waals surface area contributed by atoms with E-state index in [2.05, 4.69) is 11.9 Å². The van der Waals surface area contributed by atoms with Gasteiger partial charge in [0.05, 0.1) is 0 Å². The second-order valence-electron chi connectivity index (χ2n) is 2.91. The third-order valence-electron chi connectivity index (χ3n) is 1.85. The van der Waals surface area contributed by atoms with Crippen molar-refractivity contribution in [3.8, 4) is 0 Å². The SMILES string of the molecule is C=CCc1ccc(Cl)cc1NCCCl.